The monoisotopic (exact) mass is 403 g/mol. The third-order valence-corrected chi connectivity index (χ3v) is 4.68. The number of hydrogen-bond donors (Lipinski definition) is 2. The average molecular weight is 403 g/mol. The maximum atomic E-state index is 13.1. The number of nitrogens with two attached hydrogens (primary N) is 1. The molecule has 0 fully saturated rings. The first-order valence-corrected chi connectivity index (χ1v) is 9.11. The van der Waals surface area contributed by atoms with Crippen LogP contribution in [-0.2, 0) is 4.79 Å². The number of nitrogen functional groups attached to an aromatic ring is 1. The highest BCUT2D eigenvalue weighted by molar-refractivity contribution is 7.99. The van der Waals surface area contributed by atoms with Crippen LogP contribution in [0.1, 0.15) is 0 Å². The molecule has 10 heteroatoms. The summed E-state index contributed by atoms with van der Waals surface area (Å²) in [5, 5.41) is 11.1. The fourth-order valence-electron chi connectivity index (χ4n) is 2.38. The quantitative estimate of drug-likeness (QED) is 0.461. The second-order valence-electron chi connectivity index (χ2n) is 5.62. The third-order valence-electron chi connectivity index (χ3n) is 3.73. The van der Waals surface area contributed by atoms with E-state index in [0.717, 1.165) is 11.8 Å². The van der Waals surface area contributed by atoms with E-state index in [9.17, 15) is 9.18 Å². The molecule has 0 unspecified atom stereocenters. The summed E-state index contributed by atoms with van der Waals surface area (Å²) in [6, 6.07) is 10.8. The van der Waals surface area contributed by atoms with Crippen LogP contribution in [0.2, 0.25) is 0 Å². The van der Waals surface area contributed by atoms with Gasteiger partial charge < -0.3 is 20.6 Å². The Labute approximate surface area is 164 Å². The lowest BCUT2D eigenvalue weighted by molar-refractivity contribution is -0.113. The zero-order valence-corrected chi connectivity index (χ0v) is 16.0. The lowest BCUT2D eigenvalue weighted by Crippen LogP contribution is -2.16. The van der Waals surface area contributed by atoms with Crippen molar-refractivity contribution in [3.63, 3.8) is 0 Å². The summed E-state index contributed by atoms with van der Waals surface area (Å²) in [7, 11) is 3.06. The van der Waals surface area contributed by atoms with E-state index in [0.29, 0.717) is 33.7 Å². The first-order valence-electron chi connectivity index (χ1n) is 8.12. The Balaban J connectivity index is 1.64. The van der Waals surface area contributed by atoms with Crippen LogP contribution in [0, 0.1) is 5.82 Å². The van der Waals surface area contributed by atoms with Crippen molar-refractivity contribution < 1.29 is 18.7 Å². The number of nitrogens with one attached hydrogen (secondary N) is 1. The van der Waals surface area contributed by atoms with Gasteiger partial charge in [-0.15, -0.1) is 10.2 Å². The largest absolute Gasteiger partial charge is 0.497 e. The van der Waals surface area contributed by atoms with E-state index in [1.54, 1.807) is 30.3 Å². The highest BCUT2D eigenvalue weighted by Crippen LogP contribution is 2.26. The van der Waals surface area contributed by atoms with Crippen molar-refractivity contribution in [2.24, 2.45) is 0 Å². The molecule has 28 heavy (non-hydrogen) atoms. The van der Waals surface area contributed by atoms with E-state index in [-0.39, 0.29) is 17.5 Å². The Bertz CT molecular complexity index is 956. The number of methoxy groups -OCH3 is 2. The number of rotatable bonds is 7. The number of halogens is 1. The molecular formula is C18H18FN5O3S. The van der Waals surface area contributed by atoms with Gasteiger partial charge in [-0.05, 0) is 24.3 Å². The number of carbonyl (C=O) groups excluding carboxylic acids is 1. The lowest BCUT2D eigenvalue weighted by Gasteiger charge is -2.09. The highest BCUT2D eigenvalue weighted by atomic mass is 32.2. The smallest absolute Gasteiger partial charge is 0.234 e. The lowest BCUT2D eigenvalue weighted by atomic mass is 10.2. The van der Waals surface area contributed by atoms with Gasteiger partial charge in [0, 0.05) is 29.4 Å². The van der Waals surface area contributed by atoms with Crippen molar-refractivity contribution in [1.82, 2.24) is 14.9 Å². The van der Waals surface area contributed by atoms with Crippen LogP contribution in [0.15, 0.2) is 47.6 Å². The Morgan fingerprint density at radius 2 is 1.79 bits per heavy atom. The van der Waals surface area contributed by atoms with Crippen LogP contribution in [0.25, 0.3) is 11.4 Å². The molecule has 0 aliphatic rings. The van der Waals surface area contributed by atoms with Crippen LogP contribution in [0.3, 0.4) is 0 Å². The van der Waals surface area contributed by atoms with Gasteiger partial charge in [0.2, 0.25) is 11.1 Å². The summed E-state index contributed by atoms with van der Waals surface area (Å²) < 4.78 is 24.7. The molecule has 0 aliphatic carbocycles. The first-order chi connectivity index (χ1) is 13.5. The molecule has 0 radical (unpaired) electrons. The van der Waals surface area contributed by atoms with Crippen molar-refractivity contribution in [3.05, 3.63) is 48.3 Å². The molecule has 0 spiro atoms. The average Bonchev–Trinajstić information content (AvgIpc) is 3.07. The van der Waals surface area contributed by atoms with Gasteiger partial charge in [0.1, 0.15) is 17.3 Å². The number of thioether (sulfide) groups is 1. The van der Waals surface area contributed by atoms with Gasteiger partial charge in [-0.1, -0.05) is 11.8 Å². The number of ether oxygens (including phenoxy) is 2. The SMILES string of the molecule is COc1cc(NC(=O)CSc2nnc(-c3ccc(F)cc3)n2N)cc(OC)c1. The fraction of sp³-hybridized carbons (Fsp3) is 0.167. The van der Waals surface area contributed by atoms with Gasteiger partial charge in [-0.25, -0.2) is 9.07 Å². The van der Waals surface area contributed by atoms with E-state index in [2.05, 4.69) is 15.5 Å². The zero-order valence-electron chi connectivity index (χ0n) is 15.2. The summed E-state index contributed by atoms with van der Waals surface area (Å²) in [6.45, 7) is 0. The standard InChI is InChI=1S/C18H18FN5O3S/c1-26-14-7-13(8-15(9-14)27-2)21-16(25)10-28-18-23-22-17(24(18)20)11-3-5-12(19)6-4-11/h3-9H,10,20H2,1-2H3,(H,21,25). The third kappa shape index (κ3) is 4.52. The number of aromatic nitrogens is 3. The molecule has 0 bridgehead atoms. The maximum absolute atomic E-state index is 13.1. The van der Waals surface area contributed by atoms with Gasteiger partial charge in [-0.2, -0.15) is 0 Å². The first kappa shape index (κ1) is 19.5. The Morgan fingerprint density at radius 3 is 2.39 bits per heavy atom. The topological polar surface area (TPSA) is 104 Å². The molecule has 3 rings (SSSR count). The molecule has 1 aromatic heterocycles. The molecule has 2 aromatic carbocycles. The summed E-state index contributed by atoms with van der Waals surface area (Å²) in [4.78, 5) is 12.3. The molecule has 1 amide bonds. The number of anilines is 1. The summed E-state index contributed by atoms with van der Waals surface area (Å²) in [6.07, 6.45) is 0. The Kier molecular flexibility index (Phi) is 5.99. The van der Waals surface area contributed by atoms with Gasteiger partial charge in [-0.3, -0.25) is 4.79 Å². The van der Waals surface area contributed by atoms with Crippen LogP contribution < -0.4 is 20.6 Å². The molecule has 1 heterocycles. The summed E-state index contributed by atoms with van der Waals surface area (Å²) in [5.41, 5.74) is 1.17. The molecule has 0 saturated carbocycles. The molecular weight excluding hydrogens is 385 g/mol. The number of nitrogens with zero attached hydrogens (tertiary/aromatic N) is 3. The number of carbonyl (C=O) groups is 1. The van der Waals surface area contributed by atoms with Gasteiger partial charge in [0.15, 0.2) is 5.82 Å². The Morgan fingerprint density at radius 1 is 1.14 bits per heavy atom. The van der Waals surface area contributed by atoms with Crippen LogP contribution in [0.5, 0.6) is 11.5 Å². The van der Waals surface area contributed by atoms with Crippen molar-refractivity contribution >= 4 is 23.4 Å². The minimum atomic E-state index is -0.354. The van der Waals surface area contributed by atoms with Crippen molar-refractivity contribution in [2.45, 2.75) is 5.16 Å². The van der Waals surface area contributed by atoms with Crippen molar-refractivity contribution in [3.8, 4) is 22.9 Å². The number of benzene rings is 2. The minimum Gasteiger partial charge on any atom is -0.497 e. The highest BCUT2D eigenvalue weighted by Gasteiger charge is 2.14. The normalized spacial score (nSPS) is 10.5. The van der Waals surface area contributed by atoms with E-state index >= 15 is 0 Å². The summed E-state index contributed by atoms with van der Waals surface area (Å²) >= 11 is 1.13. The van der Waals surface area contributed by atoms with Gasteiger partial charge in [0.05, 0.1) is 20.0 Å². The van der Waals surface area contributed by atoms with Gasteiger partial charge >= 0.3 is 0 Å². The minimum absolute atomic E-state index is 0.0677. The summed E-state index contributed by atoms with van der Waals surface area (Å²) in [5.74, 6) is 6.96. The number of amides is 1. The van der Waals surface area contributed by atoms with Crippen molar-refractivity contribution in [2.75, 3.05) is 31.1 Å². The predicted octanol–water partition coefficient (Wildman–Crippen LogP) is 2.55. The molecule has 146 valence electrons. The predicted molar refractivity (Wildman–Crippen MR) is 104 cm³/mol. The number of hydrogen-bond acceptors (Lipinski definition) is 7. The van der Waals surface area contributed by atoms with Crippen LogP contribution in [0.4, 0.5) is 10.1 Å². The molecule has 3 aromatic rings. The van der Waals surface area contributed by atoms with E-state index < -0.39 is 0 Å². The molecule has 0 saturated heterocycles. The molecule has 3 N–H and O–H groups in total. The second-order valence-corrected chi connectivity index (χ2v) is 6.56. The van der Waals surface area contributed by atoms with E-state index in [1.807, 2.05) is 0 Å². The zero-order chi connectivity index (χ0) is 20.1. The molecule has 0 aliphatic heterocycles. The van der Waals surface area contributed by atoms with E-state index in [4.69, 9.17) is 15.3 Å². The maximum Gasteiger partial charge on any atom is 0.234 e. The van der Waals surface area contributed by atoms with Crippen LogP contribution >= 0.6 is 11.8 Å². The Hall–Kier alpha value is -3.27. The second kappa shape index (κ2) is 8.61. The van der Waals surface area contributed by atoms with Gasteiger partial charge in [0.25, 0.3) is 0 Å². The fourth-order valence-corrected chi connectivity index (χ4v) is 3.03. The molecule has 0 atom stereocenters. The van der Waals surface area contributed by atoms with E-state index in [1.165, 1.54) is 31.0 Å². The van der Waals surface area contributed by atoms with Crippen molar-refractivity contribution in [1.29, 1.82) is 0 Å². The molecule has 8 nitrogen and oxygen atoms in total. The van der Waals surface area contributed by atoms with Crippen LogP contribution in [-0.4, -0.2) is 40.8 Å².